The van der Waals surface area contributed by atoms with Crippen LogP contribution in [0, 0.1) is 0 Å². The molecule has 0 heterocycles. The number of hydrogen-bond acceptors (Lipinski definition) is 3. The first-order valence-electron chi connectivity index (χ1n) is 5.70. The molecule has 1 aromatic carbocycles. The molecule has 1 unspecified atom stereocenters. The Labute approximate surface area is 96.2 Å². The highest BCUT2D eigenvalue weighted by atomic mass is 16.5. The minimum atomic E-state index is -0.564. The van der Waals surface area contributed by atoms with Gasteiger partial charge in [-0.15, -0.1) is 0 Å². The molecule has 1 fully saturated rings. The summed E-state index contributed by atoms with van der Waals surface area (Å²) in [6.07, 6.45) is 1.70. The standard InChI is InChI=1S/C13H19NO2/c1-16-9-13(6-7-13)11-5-3-2-4-10(11)12(15)8-14/h2-5,12,15H,6-9,14H2,1H3. The van der Waals surface area contributed by atoms with Gasteiger partial charge in [0.25, 0.3) is 0 Å². The molecule has 2 rings (SSSR count). The van der Waals surface area contributed by atoms with Gasteiger partial charge in [0.05, 0.1) is 12.7 Å². The largest absolute Gasteiger partial charge is 0.387 e. The Kier molecular flexibility index (Phi) is 3.28. The molecule has 3 nitrogen and oxygen atoms in total. The molecule has 1 aliphatic carbocycles. The zero-order chi connectivity index (χ0) is 11.6. The maximum Gasteiger partial charge on any atom is 0.0915 e. The van der Waals surface area contributed by atoms with Gasteiger partial charge in [-0.3, -0.25) is 0 Å². The summed E-state index contributed by atoms with van der Waals surface area (Å²) in [4.78, 5) is 0. The Bertz CT molecular complexity index is 361. The normalized spacial score (nSPS) is 19.4. The molecular formula is C13H19NO2. The lowest BCUT2D eigenvalue weighted by Crippen LogP contribution is -2.20. The van der Waals surface area contributed by atoms with Crippen molar-refractivity contribution in [2.45, 2.75) is 24.4 Å². The summed E-state index contributed by atoms with van der Waals surface area (Å²) in [5.74, 6) is 0. The highest BCUT2D eigenvalue weighted by Gasteiger charge is 2.45. The van der Waals surface area contributed by atoms with Crippen molar-refractivity contribution in [3.8, 4) is 0 Å². The molecule has 0 radical (unpaired) electrons. The van der Waals surface area contributed by atoms with Crippen LogP contribution in [-0.4, -0.2) is 25.4 Å². The molecule has 1 atom stereocenters. The van der Waals surface area contributed by atoms with E-state index < -0.39 is 6.10 Å². The molecule has 16 heavy (non-hydrogen) atoms. The Morgan fingerprint density at radius 2 is 2.12 bits per heavy atom. The van der Waals surface area contributed by atoms with Gasteiger partial charge in [-0.2, -0.15) is 0 Å². The van der Waals surface area contributed by atoms with E-state index in [9.17, 15) is 5.11 Å². The summed E-state index contributed by atoms with van der Waals surface area (Å²) in [6.45, 7) is 0.987. The van der Waals surface area contributed by atoms with E-state index in [2.05, 4.69) is 6.07 Å². The maximum atomic E-state index is 9.90. The van der Waals surface area contributed by atoms with Crippen molar-refractivity contribution in [1.82, 2.24) is 0 Å². The van der Waals surface area contributed by atoms with Crippen LogP contribution in [0.2, 0.25) is 0 Å². The highest BCUT2D eigenvalue weighted by Crippen LogP contribution is 2.50. The third-order valence-electron chi connectivity index (χ3n) is 3.39. The van der Waals surface area contributed by atoms with Crippen LogP contribution < -0.4 is 5.73 Å². The molecule has 0 aromatic heterocycles. The third-order valence-corrected chi connectivity index (χ3v) is 3.39. The van der Waals surface area contributed by atoms with E-state index in [1.807, 2.05) is 18.2 Å². The second kappa shape index (κ2) is 4.53. The van der Waals surface area contributed by atoms with Crippen molar-refractivity contribution >= 4 is 0 Å². The lowest BCUT2D eigenvalue weighted by molar-refractivity contribution is 0.163. The van der Waals surface area contributed by atoms with Gasteiger partial charge in [0.15, 0.2) is 0 Å². The fourth-order valence-corrected chi connectivity index (χ4v) is 2.32. The van der Waals surface area contributed by atoms with Crippen LogP contribution in [0.1, 0.15) is 30.1 Å². The Morgan fingerprint density at radius 3 is 2.69 bits per heavy atom. The van der Waals surface area contributed by atoms with E-state index in [-0.39, 0.29) is 12.0 Å². The summed E-state index contributed by atoms with van der Waals surface area (Å²) in [6, 6.07) is 8.00. The molecule has 88 valence electrons. The average molecular weight is 221 g/mol. The van der Waals surface area contributed by atoms with E-state index in [0.29, 0.717) is 0 Å². The van der Waals surface area contributed by atoms with Crippen LogP contribution >= 0.6 is 0 Å². The second-order valence-electron chi connectivity index (χ2n) is 4.55. The maximum absolute atomic E-state index is 9.90. The number of nitrogens with two attached hydrogens (primary N) is 1. The molecule has 1 aliphatic rings. The summed E-state index contributed by atoms with van der Waals surface area (Å²) in [7, 11) is 1.72. The van der Waals surface area contributed by atoms with Crippen LogP contribution in [0.3, 0.4) is 0 Å². The Morgan fingerprint density at radius 1 is 1.44 bits per heavy atom. The van der Waals surface area contributed by atoms with Crippen LogP contribution in [0.25, 0.3) is 0 Å². The molecular weight excluding hydrogens is 202 g/mol. The van der Waals surface area contributed by atoms with E-state index >= 15 is 0 Å². The fraction of sp³-hybridized carbons (Fsp3) is 0.538. The van der Waals surface area contributed by atoms with Gasteiger partial charge in [0, 0.05) is 19.1 Å². The van der Waals surface area contributed by atoms with Gasteiger partial charge in [0.1, 0.15) is 0 Å². The summed E-state index contributed by atoms with van der Waals surface area (Å²) in [5.41, 5.74) is 7.82. The van der Waals surface area contributed by atoms with Crippen molar-refractivity contribution in [2.75, 3.05) is 20.3 Å². The average Bonchev–Trinajstić information content (AvgIpc) is 3.09. The molecule has 3 N–H and O–H groups in total. The van der Waals surface area contributed by atoms with E-state index in [1.54, 1.807) is 7.11 Å². The van der Waals surface area contributed by atoms with Gasteiger partial charge in [-0.05, 0) is 24.0 Å². The van der Waals surface area contributed by atoms with Crippen molar-refractivity contribution < 1.29 is 9.84 Å². The summed E-state index contributed by atoms with van der Waals surface area (Å²) in [5, 5.41) is 9.90. The quantitative estimate of drug-likeness (QED) is 0.789. The number of ether oxygens (including phenoxy) is 1. The van der Waals surface area contributed by atoms with Gasteiger partial charge in [0.2, 0.25) is 0 Å². The molecule has 3 heteroatoms. The van der Waals surface area contributed by atoms with Crippen molar-refractivity contribution in [1.29, 1.82) is 0 Å². The van der Waals surface area contributed by atoms with Crippen LogP contribution in [-0.2, 0) is 10.2 Å². The zero-order valence-corrected chi connectivity index (χ0v) is 9.65. The Balaban J connectivity index is 2.33. The third kappa shape index (κ3) is 1.98. The van der Waals surface area contributed by atoms with E-state index in [0.717, 1.165) is 25.0 Å². The van der Waals surface area contributed by atoms with Gasteiger partial charge in [-0.1, -0.05) is 24.3 Å². The van der Waals surface area contributed by atoms with Crippen molar-refractivity contribution in [3.63, 3.8) is 0 Å². The number of benzene rings is 1. The molecule has 1 saturated carbocycles. The lowest BCUT2D eigenvalue weighted by atomic mass is 9.89. The number of hydrogen-bond donors (Lipinski definition) is 2. The number of aliphatic hydroxyl groups excluding tert-OH is 1. The fourth-order valence-electron chi connectivity index (χ4n) is 2.32. The Hall–Kier alpha value is -0.900. The SMILES string of the molecule is COCC1(c2ccccc2C(O)CN)CC1. The summed E-state index contributed by atoms with van der Waals surface area (Å²) >= 11 is 0. The number of methoxy groups -OCH3 is 1. The van der Waals surface area contributed by atoms with Crippen molar-refractivity contribution in [3.05, 3.63) is 35.4 Å². The molecule has 0 aliphatic heterocycles. The lowest BCUT2D eigenvalue weighted by Gasteiger charge is -2.21. The highest BCUT2D eigenvalue weighted by molar-refractivity contribution is 5.40. The number of aliphatic hydroxyl groups is 1. The molecule has 0 amide bonds. The number of rotatable bonds is 5. The zero-order valence-electron chi connectivity index (χ0n) is 9.65. The predicted octanol–water partition coefficient (Wildman–Crippen LogP) is 1.36. The minimum Gasteiger partial charge on any atom is -0.387 e. The van der Waals surface area contributed by atoms with E-state index in [1.165, 1.54) is 5.56 Å². The monoisotopic (exact) mass is 221 g/mol. The first-order chi connectivity index (χ1) is 7.73. The molecule has 0 bridgehead atoms. The van der Waals surface area contributed by atoms with Crippen molar-refractivity contribution in [2.24, 2.45) is 5.73 Å². The van der Waals surface area contributed by atoms with E-state index in [4.69, 9.17) is 10.5 Å². The summed E-state index contributed by atoms with van der Waals surface area (Å²) < 4.78 is 5.28. The second-order valence-corrected chi connectivity index (χ2v) is 4.55. The van der Waals surface area contributed by atoms with Gasteiger partial charge in [-0.25, -0.2) is 0 Å². The molecule has 0 spiro atoms. The topological polar surface area (TPSA) is 55.5 Å². The van der Waals surface area contributed by atoms with Gasteiger partial charge >= 0.3 is 0 Å². The first kappa shape index (κ1) is 11.6. The molecule has 0 saturated heterocycles. The minimum absolute atomic E-state index is 0.126. The molecule has 1 aromatic rings. The van der Waals surface area contributed by atoms with Crippen LogP contribution in [0.5, 0.6) is 0 Å². The predicted molar refractivity (Wildman–Crippen MR) is 63.2 cm³/mol. The first-order valence-corrected chi connectivity index (χ1v) is 5.70. The van der Waals surface area contributed by atoms with Crippen LogP contribution in [0.15, 0.2) is 24.3 Å². The van der Waals surface area contributed by atoms with Crippen LogP contribution in [0.4, 0.5) is 0 Å². The smallest absolute Gasteiger partial charge is 0.0915 e. The van der Waals surface area contributed by atoms with Gasteiger partial charge < -0.3 is 15.6 Å².